The lowest BCUT2D eigenvalue weighted by Crippen LogP contribution is -2.36. The Kier molecular flexibility index (Phi) is 5.42. The molecule has 2 aromatic carbocycles. The SMILES string of the molecule is O=C(CCCc1ccc(F)cc1)Nc1ccc2c(c1)CCCN2C(=O)C1CC1. The molecule has 1 heterocycles. The Labute approximate surface area is 164 Å². The van der Waals surface area contributed by atoms with Crippen LogP contribution in [0.5, 0.6) is 0 Å². The minimum absolute atomic E-state index is 0.0243. The number of amides is 2. The molecule has 1 fully saturated rings. The summed E-state index contributed by atoms with van der Waals surface area (Å²) in [6, 6.07) is 12.2. The molecular formula is C23H25FN2O2. The minimum Gasteiger partial charge on any atom is -0.326 e. The van der Waals surface area contributed by atoms with Gasteiger partial charge in [-0.25, -0.2) is 4.39 Å². The highest BCUT2D eigenvalue weighted by Crippen LogP contribution is 2.36. The first kappa shape index (κ1) is 18.7. The summed E-state index contributed by atoms with van der Waals surface area (Å²) in [6.07, 6.45) is 5.79. The highest BCUT2D eigenvalue weighted by atomic mass is 19.1. The molecule has 1 N–H and O–H groups in total. The molecule has 1 aliphatic carbocycles. The molecule has 2 amide bonds. The summed E-state index contributed by atoms with van der Waals surface area (Å²) in [5, 5.41) is 2.96. The minimum atomic E-state index is -0.244. The molecule has 28 heavy (non-hydrogen) atoms. The van der Waals surface area contributed by atoms with Gasteiger partial charge < -0.3 is 10.2 Å². The molecule has 0 spiro atoms. The number of aryl methyl sites for hydroxylation is 2. The van der Waals surface area contributed by atoms with Crippen molar-refractivity contribution in [3.05, 3.63) is 59.4 Å². The monoisotopic (exact) mass is 380 g/mol. The third kappa shape index (κ3) is 4.41. The van der Waals surface area contributed by atoms with Gasteiger partial charge in [0.2, 0.25) is 11.8 Å². The van der Waals surface area contributed by atoms with Gasteiger partial charge in [-0.15, -0.1) is 0 Å². The molecule has 0 atom stereocenters. The number of rotatable bonds is 6. The standard InChI is InChI=1S/C23H25FN2O2/c24-19-10-6-16(7-11-19)3-1-5-22(27)25-20-12-13-21-18(15-20)4-2-14-26(21)23(28)17-8-9-17/h6-7,10-13,15,17H,1-5,8-9,14H2,(H,25,27). The largest absolute Gasteiger partial charge is 0.326 e. The van der Waals surface area contributed by atoms with Crippen LogP contribution in [-0.4, -0.2) is 18.4 Å². The second-order valence-corrected chi connectivity index (χ2v) is 7.74. The van der Waals surface area contributed by atoms with Crippen molar-refractivity contribution in [2.24, 2.45) is 5.92 Å². The second-order valence-electron chi connectivity index (χ2n) is 7.74. The van der Waals surface area contributed by atoms with Gasteiger partial charge in [-0.3, -0.25) is 9.59 Å². The van der Waals surface area contributed by atoms with E-state index < -0.39 is 0 Å². The van der Waals surface area contributed by atoms with E-state index in [9.17, 15) is 14.0 Å². The number of hydrogen-bond acceptors (Lipinski definition) is 2. The van der Waals surface area contributed by atoms with E-state index >= 15 is 0 Å². The average Bonchev–Trinajstić information content (AvgIpc) is 3.54. The van der Waals surface area contributed by atoms with E-state index in [1.54, 1.807) is 12.1 Å². The molecule has 0 aromatic heterocycles. The number of carbonyl (C=O) groups excluding carboxylic acids is 2. The van der Waals surface area contributed by atoms with Crippen molar-refractivity contribution in [1.29, 1.82) is 0 Å². The predicted octanol–water partition coefficient (Wildman–Crippen LogP) is 4.48. The Morgan fingerprint density at radius 2 is 1.89 bits per heavy atom. The predicted molar refractivity (Wildman–Crippen MR) is 108 cm³/mol. The number of carbonyl (C=O) groups is 2. The van der Waals surface area contributed by atoms with Crippen LogP contribution in [0.4, 0.5) is 15.8 Å². The fourth-order valence-corrected chi connectivity index (χ4v) is 3.78. The lowest BCUT2D eigenvalue weighted by Gasteiger charge is -2.30. The van der Waals surface area contributed by atoms with Crippen LogP contribution in [0.25, 0.3) is 0 Å². The van der Waals surface area contributed by atoms with E-state index in [2.05, 4.69) is 5.32 Å². The van der Waals surface area contributed by atoms with Crippen LogP contribution in [-0.2, 0) is 22.4 Å². The van der Waals surface area contributed by atoms with Gasteiger partial charge in [0, 0.05) is 30.3 Å². The molecule has 146 valence electrons. The van der Waals surface area contributed by atoms with Crippen LogP contribution in [0.3, 0.4) is 0 Å². The van der Waals surface area contributed by atoms with Crippen LogP contribution in [0.15, 0.2) is 42.5 Å². The van der Waals surface area contributed by atoms with E-state index in [0.29, 0.717) is 12.8 Å². The number of benzene rings is 2. The Morgan fingerprint density at radius 3 is 2.64 bits per heavy atom. The Balaban J connectivity index is 1.32. The zero-order valence-corrected chi connectivity index (χ0v) is 15.9. The maximum absolute atomic E-state index is 12.9. The molecule has 1 saturated carbocycles. The molecule has 0 unspecified atom stereocenters. The summed E-state index contributed by atoms with van der Waals surface area (Å²) >= 11 is 0. The first-order valence-corrected chi connectivity index (χ1v) is 10.1. The molecular weight excluding hydrogens is 355 g/mol. The fourth-order valence-electron chi connectivity index (χ4n) is 3.78. The zero-order valence-electron chi connectivity index (χ0n) is 15.9. The first-order chi connectivity index (χ1) is 13.6. The molecule has 5 heteroatoms. The second kappa shape index (κ2) is 8.13. The Morgan fingerprint density at radius 1 is 1.11 bits per heavy atom. The molecule has 0 bridgehead atoms. The number of hydrogen-bond donors (Lipinski definition) is 1. The summed E-state index contributed by atoms with van der Waals surface area (Å²) < 4.78 is 12.9. The smallest absolute Gasteiger partial charge is 0.230 e. The van der Waals surface area contributed by atoms with Crippen molar-refractivity contribution < 1.29 is 14.0 Å². The quantitative estimate of drug-likeness (QED) is 0.803. The number of anilines is 2. The lowest BCUT2D eigenvalue weighted by atomic mass is 10.00. The Hall–Kier alpha value is -2.69. The van der Waals surface area contributed by atoms with Crippen molar-refractivity contribution in [2.75, 3.05) is 16.8 Å². The molecule has 0 saturated heterocycles. The van der Waals surface area contributed by atoms with Crippen LogP contribution in [0, 0.1) is 11.7 Å². The highest BCUT2D eigenvalue weighted by Gasteiger charge is 2.35. The molecule has 1 aliphatic heterocycles. The first-order valence-electron chi connectivity index (χ1n) is 10.1. The van der Waals surface area contributed by atoms with Gasteiger partial charge in [-0.05, 0) is 80.0 Å². The van der Waals surface area contributed by atoms with E-state index in [1.807, 2.05) is 23.1 Å². The maximum Gasteiger partial charge on any atom is 0.230 e. The topological polar surface area (TPSA) is 49.4 Å². The third-order valence-electron chi connectivity index (χ3n) is 5.46. The van der Waals surface area contributed by atoms with E-state index in [-0.39, 0.29) is 23.5 Å². The maximum atomic E-state index is 12.9. The fraction of sp³-hybridized carbons (Fsp3) is 0.391. The zero-order chi connectivity index (χ0) is 19.5. The molecule has 0 radical (unpaired) electrons. The van der Waals surface area contributed by atoms with E-state index in [1.165, 1.54) is 12.1 Å². The lowest BCUT2D eigenvalue weighted by molar-refractivity contribution is -0.120. The summed E-state index contributed by atoms with van der Waals surface area (Å²) in [7, 11) is 0. The molecule has 4 nitrogen and oxygen atoms in total. The van der Waals surface area contributed by atoms with Crippen LogP contribution < -0.4 is 10.2 Å². The van der Waals surface area contributed by atoms with E-state index in [4.69, 9.17) is 0 Å². The highest BCUT2D eigenvalue weighted by molar-refractivity contribution is 5.98. The van der Waals surface area contributed by atoms with Crippen LogP contribution in [0.2, 0.25) is 0 Å². The van der Waals surface area contributed by atoms with Crippen LogP contribution >= 0.6 is 0 Å². The summed E-state index contributed by atoms with van der Waals surface area (Å²) in [6.45, 7) is 0.789. The number of nitrogens with one attached hydrogen (secondary N) is 1. The summed E-state index contributed by atoms with van der Waals surface area (Å²) in [4.78, 5) is 26.7. The average molecular weight is 380 g/mol. The van der Waals surface area contributed by atoms with Gasteiger partial charge >= 0.3 is 0 Å². The van der Waals surface area contributed by atoms with Gasteiger partial charge in [0.25, 0.3) is 0 Å². The number of nitrogens with zero attached hydrogens (tertiary/aromatic N) is 1. The van der Waals surface area contributed by atoms with Crippen molar-refractivity contribution in [3.63, 3.8) is 0 Å². The van der Waals surface area contributed by atoms with Gasteiger partial charge in [-0.1, -0.05) is 12.1 Å². The van der Waals surface area contributed by atoms with Gasteiger partial charge in [-0.2, -0.15) is 0 Å². The summed E-state index contributed by atoms with van der Waals surface area (Å²) in [5.74, 6) is 0.194. The van der Waals surface area contributed by atoms with Gasteiger partial charge in [0.1, 0.15) is 5.82 Å². The van der Waals surface area contributed by atoms with E-state index in [0.717, 1.165) is 61.2 Å². The number of fused-ring (bicyclic) bond motifs is 1. The van der Waals surface area contributed by atoms with Crippen LogP contribution in [0.1, 0.15) is 43.2 Å². The Bertz CT molecular complexity index is 875. The van der Waals surface area contributed by atoms with Crippen molar-refractivity contribution in [2.45, 2.75) is 44.9 Å². The molecule has 4 rings (SSSR count). The van der Waals surface area contributed by atoms with Crippen molar-refractivity contribution in [3.8, 4) is 0 Å². The third-order valence-corrected chi connectivity index (χ3v) is 5.46. The summed E-state index contributed by atoms with van der Waals surface area (Å²) in [5.41, 5.74) is 3.94. The van der Waals surface area contributed by atoms with Crippen molar-refractivity contribution in [1.82, 2.24) is 0 Å². The molecule has 2 aromatic rings. The van der Waals surface area contributed by atoms with Crippen molar-refractivity contribution >= 4 is 23.2 Å². The molecule has 2 aliphatic rings. The van der Waals surface area contributed by atoms with Gasteiger partial charge in [0.15, 0.2) is 0 Å². The van der Waals surface area contributed by atoms with Gasteiger partial charge in [0.05, 0.1) is 0 Å². The number of halogens is 1. The normalized spacial score (nSPS) is 15.8.